The third kappa shape index (κ3) is 3.21. The Morgan fingerprint density at radius 3 is 2.95 bits per heavy atom. The molecular weight excluding hydrogens is 278 g/mol. The van der Waals surface area contributed by atoms with Crippen LogP contribution in [0.1, 0.15) is 36.6 Å². The number of carbonyl (C=O) groups excluding carboxylic acids is 1. The van der Waals surface area contributed by atoms with Crippen molar-refractivity contribution in [3.63, 3.8) is 0 Å². The number of nitrogens with zero attached hydrogens (tertiary/aromatic N) is 5. The van der Waals surface area contributed by atoms with Crippen LogP contribution in [0.15, 0.2) is 24.8 Å². The number of hydrogen-bond donors (Lipinski definition) is 0. The molecule has 0 spiro atoms. The highest BCUT2D eigenvalue weighted by atomic mass is 16.2. The number of aryl methyl sites for hydroxylation is 3. The number of likely N-dealkylation sites (tertiary alicyclic amines) is 1. The molecule has 2 aromatic rings. The summed E-state index contributed by atoms with van der Waals surface area (Å²) < 4.78 is 3.84. The van der Waals surface area contributed by atoms with Crippen LogP contribution in [0.4, 0.5) is 0 Å². The Balaban J connectivity index is 1.57. The van der Waals surface area contributed by atoms with Gasteiger partial charge in [-0.05, 0) is 24.8 Å². The number of carbonyl (C=O) groups is 1. The number of rotatable bonds is 4. The van der Waals surface area contributed by atoms with Crippen molar-refractivity contribution in [2.75, 3.05) is 13.1 Å². The minimum absolute atomic E-state index is 0.239. The SMILES string of the molecule is Cn1cc(CCC(=O)N2CCC[C@H](c3nccn3C)C2)cn1. The normalized spacial score (nSPS) is 18.6. The Morgan fingerprint density at radius 2 is 2.27 bits per heavy atom. The van der Waals surface area contributed by atoms with Crippen LogP contribution in [-0.4, -0.2) is 43.2 Å². The molecule has 1 aliphatic heterocycles. The summed E-state index contributed by atoms with van der Waals surface area (Å²) in [6, 6.07) is 0. The third-order valence-electron chi connectivity index (χ3n) is 4.38. The summed E-state index contributed by atoms with van der Waals surface area (Å²) in [6.45, 7) is 1.66. The lowest BCUT2D eigenvalue weighted by molar-refractivity contribution is -0.132. The van der Waals surface area contributed by atoms with E-state index >= 15 is 0 Å². The molecule has 0 aliphatic carbocycles. The molecular formula is C16H23N5O. The summed E-state index contributed by atoms with van der Waals surface area (Å²) in [6.07, 6.45) is 11.1. The zero-order chi connectivity index (χ0) is 15.5. The summed E-state index contributed by atoms with van der Waals surface area (Å²) in [7, 11) is 3.92. The van der Waals surface area contributed by atoms with Gasteiger partial charge in [0.2, 0.25) is 5.91 Å². The number of aromatic nitrogens is 4. The molecule has 0 aromatic carbocycles. The van der Waals surface area contributed by atoms with Gasteiger partial charge in [-0.1, -0.05) is 0 Å². The summed E-state index contributed by atoms with van der Waals surface area (Å²) in [5, 5.41) is 4.14. The molecule has 0 saturated carbocycles. The average molecular weight is 301 g/mol. The summed E-state index contributed by atoms with van der Waals surface area (Å²) in [4.78, 5) is 18.9. The number of hydrogen-bond acceptors (Lipinski definition) is 3. The second-order valence-electron chi connectivity index (χ2n) is 6.10. The predicted molar refractivity (Wildman–Crippen MR) is 83.3 cm³/mol. The number of piperidine rings is 1. The fourth-order valence-corrected chi connectivity index (χ4v) is 3.20. The van der Waals surface area contributed by atoms with Gasteiger partial charge in [-0.25, -0.2) is 4.98 Å². The van der Waals surface area contributed by atoms with Gasteiger partial charge in [-0.15, -0.1) is 0 Å². The zero-order valence-electron chi connectivity index (χ0n) is 13.3. The highest BCUT2D eigenvalue weighted by molar-refractivity contribution is 5.76. The fourth-order valence-electron chi connectivity index (χ4n) is 3.20. The van der Waals surface area contributed by atoms with Crippen molar-refractivity contribution < 1.29 is 4.79 Å². The van der Waals surface area contributed by atoms with Gasteiger partial charge in [0.15, 0.2) is 0 Å². The molecule has 0 N–H and O–H groups in total. The van der Waals surface area contributed by atoms with Crippen LogP contribution >= 0.6 is 0 Å². The van der Waals surface area contributed by atoms with E-state index in [4.69, 9.17) is 0 Å². The van der Waals surface area contributed by atoms with Gasteiger partial charge in [0, 0.05) is 58.1 Å². The standard InChI is InChI=1S/C16H23N5O/c1-19-9-7-17-16(19)14-4-3-8-21(12-14)15(22)6-5-13-10-18-20(2)11-13/h7,9-11,14H,3-6,8,12H2,1-2H3/t14-/m0/s1. The van der Waals surface area contributed by atoms with Crippen LogP contribution in [0.25, 0.3) is 0 Å². The van der Waals surface area contributed by atoms with Crippen molar-refractivity contribution in [2.45, 2.75) is 31.6 Å². The molecule has 1 atom stereocenters. The van der Waals surface area contributed by atoms with E-state index in [0.717, 1.165) is 43.7 Å². The van der Waals surface area contributed by atoms with E-state index in [1.54, 1.807) is 4.68 Å². The van der Waals surface area contributed by atoms with Crippen molar-refractivity contribution in [3.8, 4) is 0 Å². The van der Waals surface area contributed by atoms with E-state index in [1.165, 1.54) is 0 Å². The summed E-state index contributed by atoms with van der Waals surface area (Å²) in [5.74, 6) is 1.68. The minimum Gasteiger partial charge on any atom is -0.342 e. The third-order valence-corrected chi connectivity index (χ3v) is 4.38. The Bertz CT molecular complexity index is 645. The van der Waals surface area contributed by atoms with Crippen LogP contribution in [0.5, 0.6) is 0 Å². The van der Waals surface area contributed by atoms with Gasteiger partial charge in [0.25, 0.3) is 0 Å². The van der Waals surface area contributed by atoms with Gasteiger partial charge in [0.1, 0.15) is 5.82 Å². The van der Waals surface area contributed by atoms with Crippen molar-refractivity contribution in [1.29, 1.82) is 0 Å². The lowest BCUT2D eigenvalue weighted by atomic mass is 9.96. The van der Waals surface area contributed by atoms with Crippen molar-refractivity contribution in [1.82, 2.24) is 24.2 Å². The number of imidazole rings is 1. The Hall–Kier alpha value is -2.11. The van der Waals surface area contributed by atoms with Crippen LogP contribution in [-0.2, 0) is 25.3 Å². The Labute approximate surface area is 130 Å². The van der Waals surface area contributed by atoms with Gasteiger partial charge in [-0.2, -0.15) is 5.10 Å². The molecule has 22 heavy (non-hydrogen) atoms. The van der Waals surface area contributed by atoms with Crippen LogP contribution in [0, 0.1) is 0 Å². The molecule has 1 saturated heterocycles. The van der Waals surface area contributed by atoms with Crippen molar-refractivity contribution >= 4 is 5.91 Å². The van der Waals surface area contributed by atoms with E-state index in [1.807, 2.05) is 43.8 Å². The summed E-state index contributed by atoms with van der Waals surface area (Å²) >= 11 is 0. The van der Waals surface area contributed by atoms with E-state index in [0.29, 0.717) is 12.3 Å². The molecule has 3 rings (SSSR count). The summed E-state index contributed by atoms with van der Waals surface area (Å²) in [5.41, 5.74) is 1.12. The van der Waals surface area contributed by atoms with Crippen LogP contribution in [0.3, 0.4) is 0 Å². The maximum absolute atomic E-state index is 12.4. The first kappa shape index (κ1) is 14.8. The minimum atomic E-state index is 0.239. The maximum Gasteiger partial charge on any atom is 0.222 e. The lowest BCUT2D eigenvalue weighted by Gasteiger charge is -2.32. The van der Waals surface area contributed by atoms with E-state index in [9.17, 15) is 4.79 Å². The van der Waals surface area contributed by atoms with Gasteiger partial charge in [-0.3, -0.25) is 9.48 Å². The van der Waals surface area contributed by atoms with E-state index < -0.39 is 0 Å². The highest BCUT2D eigenvalue weighted by Gasteiger charge is 2.26. The fraction of sp³-hybridized carbons (Fsp3) is 0.562. The molecule has 118 valence electrons. The molecule has 0 unspecified atom stereocenters. The Morgan fingerprint density at radius 1 is 1.41 bits per heavy atom. The van der Waals surface area contributed by atoms with Gasteiger partial charge >= 0.3 is 0 Å². The maximum atomic E-state index is 12.4. The number of amides is 1. The molecule has 2 aromatic heterocycles. The van der Waals surface area contributed by atoms with Crippen LogP contribution in [0.2, 0.25) is 0 Å². The van der Waals surface area contributed by atoms with E-state index in [-0.39, 0.29) is 5.91 Å². The lowest BCUT2D eigenvalue weighted by Crippen LogP contribution is -2.39. The Kier molecular flexibility index (Phi) is 4.27. The smallest absolute Gasteiger partial charge is 0.222 e. The predicted octanol–water partition coefficient (Wildman–Crippen LogP) is 1.49. The molecule has 0 bridgehead atoms. The molecule has 6 heteroatoms. The van der Waals surface area contributed by atoms with E-state index in [2.05, 4.69) is 14.6 Å². The van der Waals surface area contributed by atoms with Crippen molar-refractivity contribution in [3.05, 3.63) is 36.2 Å². The first-order valence-corrected chi connectivity index (χ1v) is 7.86. The highest BCUT2D eigenvalue weighted by Crippen LogP contribution is 2.25. The largest absolute Gasteiger partial charge is 0.342 e. The first-order valence-electron chi connectivity index (χ1n) is 7.86. The molecule has 0 radical (unpaired) electrons. The van der Waals surface area contributed by atoms with Crippen LogP contribution < -0.4 is 0 Å². The van der Waals surface area contributed by atoms with Crippen molar-refractivity contribution in [2.24, 2.45) is 14.1 Å². The first-order chi connectivity index (χ1) is 10.6. The molecule has 1 amide bonds. The molecule has 1 fully saturated rings. The monoisotopic (exact) mass is 301 g/mol. The molecule has 3 heterocycles. The second-order valence-corrected chi connectivity index (χ2v) is 6.10. The average Bonchev–Trinajstić information content (AvgIpc) is 3.13. The van der Waals surface area contributed by atoms with Gasteiger partial charge in [0.05, 0.1) is 6.20 Å². The quantitative estimate of drug-likeness (QED) is 0.860. The topological polar surface area (TPSA) is 56.0 Å². The second kappa shape index (κ2) is 6.34. The molecule has 6 nitrogen and oxygen atoms in total. The zero-order valence-corrected chi connectivity index (χ0v) is 13.3. The molecule has 1 aliphatic rings. The van der Waals surface area contributed by atoms with Gasteiger partial charge < -0.3 is 9.47 Å².